The molecule has 19 heavy (non-hydrogen) atoms. The molecule has 0 radical (unpaired) electrons. The third kappa shape index (κ3) is 3.47. The van der Waals surface area contributed by atoms with Gasteiger partial charge in [-0.25, -0.2) is 0 Å². The second-order valence-electron chi connectivity index (χ2n) is 7.36. The van der Waals surface area contributed by atoms with E-state index in [9.17, 15) is 5.26 Å². The van der Waals surface area contributed by atoms with Crippen LogP contribution >= 0.6 is 11.8 Å². The predicted molar refractivity (Wildman–Crippen MR) is 83.2 cm³/mol. The maximum Gasteiger partial charge on any atom is 0.0672 e. The molecular weight excluding hydrogens is 252 g/mol. The predicted octanol–water partition coefficient (Wildman–Crippen LogP) is 3.78. The van der Waals surface area contributed by atoms with Crippen LogP contribution in [-0.4, -0.2) is 35.5 Å². The van der Waals surface area contributed by atoms with E-state index < -0.39 is 0 Å². The number of rotatable bonds is 2. The van der Waals surface area contributed by atoms with E-state index in [1.807, 2.05) is 0 Å². The van der Waals surface area contributed by atoms with Crippen molar-refractivity contribution in [2.45, 2.75) is 58.5 Å². The molecule has 1 saturated heterocycles. The van der Waals surface area contributed by atoms with Gasteiger partial charge < -0.3 is 0 Å². The topological polar surface area (TPSA) is 27.0 Å². The number of nitriles is 1. The average molecular weight is 280 g/mol. The summed E-state index contributed by atoms with van der Waals surface area (Å²) >= 11 is 2.07. The summed E-state index contributed by atoms with van der Waals surface area (Å²) in [4.78, 5) is 2.55. The van der Waals surface area contributed by atoms with Crippen LogP contribution in [0.4, 0.5) is 0 Å². The Morgan fingerprint density at radius 1 is 1.21 bits per heavy atom. The Bertz CT molecular complexity index is 336. The van der Waals surface area contributed by atoms with Crippen LogP contribution < -0.4 is 0 Å². The third-order valence-electron chi connectivity index (χ3n) is 5.21. The molecule has 0 aromatic heterocycles. The normalized spacial score (nSPS) is 36.4. The van der Waals surface area contributed by atoms with E-state index in [-0.39, 0.29) is 5.92 Å². The number of nitrogens with zero attached hydrogens (tertiary/aromatic N) is 2. The highest BCUT2D eigenvalue weighted by Crippen LogP contribution is 2.42. The Balaban J connectivity index is 2.07. The molecule has 0 bridgehead atoms. The Hall–Kier alpha value is -0.200. The van der Waals surface area contributed by atoms with Crippen LogP contribution in [0.2, 0.25) is 0 Å². The molecule has 0 aromatic carbocycles. The number of hydrogen-bond donors (Lipinski definition) is 0. The van der Waals surface area contributed by atoms with Crippen molar-refractivity contribution in [2.75, 3.05) is 18.6 Å². The van der Waals surface area contributed by atoms with Gasteiger partial charge >= 0.3 is 0 Å². The van der Waals surface area contributed by atoms with Gasteiger partial charge in [-0.2, -0.15) is 17.0 Å². The van der Waals surface area contributed by atoms with E-state index in [1.54, 1.807) is 0 Å². The second-order valence-corrected chi connectivity index (χ2v) is 8.51. The lowest BCUT2D eigenvalue weighted by atomic mass is 9.67. The van der Waals surface area contributed by atoms with Crippen molar-refractivity contribution in [2.24, 2.45) is 17.3 Å². The number of thioether (sulfide) groups is 1. The lowest BCUT2D eigenvalue weighted by molar-refractivity contribution is 0.0572. The van der Waals surface area contributed by atoms with E-state index in [0.717, 1.165) is 12.3 Å². The first kappa shape index (κ1) is 15.2. The van der Waals surface area contributed by atoms with E-state index in [2.05, 4.69) is 50.5 Å². The monoisotopic (exact) mass is 280 g/mol. The Morgan fingerprint density at radius 2 is 1.95 bits per heavy atom. The lowest BCUT2D eigenvalue weighted by Crippen LogP contribution is -2.48. The summed E-state index contributed by atoms with van der Waals surface area (Å²) in [6.07, 6.45) is 4.83. The van der Waals surface area contributed by atoms with E-state index in [1.165, 1.54) is 30.8 Å². The molecule has 0 spiro atoms. The minimum Gasteiger partial charge on any atom is -0.298 e. The van der Waals surface area contributed by atoms with Crippen molar-refractivity contribution >= 4 is 11.8 Å². The maximum absolute atomic E-state index is 9.46. The molecule has 0 aromatic rings. The molecule has 4 atom stereocenters. The van der Waals surface area contributed by atoms with Gasteiger partial charge in [0.2, 0.25) is 0 Å². The largest absolute Gasteiger partial charge is 0.298 e. The van der Waals surface area contributed by atoms with Crippen molar-refractivity contribution in [3.8, 4) is 6.07 Å². The Morgan fingerprint density at radius 3 is 2.47 bits per heavy atom. The lowest BCUT2D eigenvalue weighted by Gasteiger charge is -2.44. The van der Waals surface area contributed by atoms with Crippen molar-refractivity contribution in [3.05, 3.63) is 0 Å². The fraction of sp³-hybridized carbons (Fsp3) is 0.938. The summed E-state index contributed by atoms with van der Waals surface area (Å²) in [5.41, 5.74) is 0.379. The third-order valence-corrected chi connectivity index (χ3v) is 6.36. The van der Waals surface area contributed by atoms with Crippen molar-refractivity contribution in [1.29, 1.82) is 5.26 Å². The SMILES string of the molecule is CN(C1CCSC1)C1CC(C(C)(C)C)CCC1C#N. The maximum atomic E-state index is 9.46. The average Bonchev–Trinajstić information content (AvgIpc) is 2.90. The van der Waals surface area contributed by atoms with Crippen LogP contribution in [0.15, 0.2) is 0 Å². The van der Waals surface area contributed by atoms with Gasteiger partial charge in [0.1, 0.15) is 0 Å². The van der Waals surface area contributed by atoms with Gasteiger partial charge in [-0.15, -0.1) is 0 Å². The molecule has 0 amide bonds. The van der Waals surface area contributed by atoms with Crippen molar-refractivity contribution in [3.63, 3.8) is 0 Å². The minimum atomic E-state index is 0.245. The van der Waals surface area contributed by atoms with E-state index >= 15 is 0 Å². The molecule has 1 aliphatic carbocycles. The van der Waals surface area contributed by atoms with E-state index in [0.29, 0.717) is 17.5 Å². The van der Waals surface area contributed by atoms with Crippen LogP contribution in [-0.2, 0) is 0 Å². The standard InChI is InChI=1S/C16H28N2S/c1-16(2,3)13-6-5-12(10-17)15(9-13)18(4)14-7-8-19-11-14/h12-15H,5-9,11H2,1-4H3. The first-order valence-electron chi connectivity index (χ1n) is 7.62. The molecule has 2 nitrogen and oxygen atoms in total. The van der Waals surface area contributed by atoms with Crippen LogP contribution in [0.5, 0.6) is 0 Å². The highest BCUT2D eigenvalue weighted by molar-refractivity contribution is 7.99. The molecule has 1 aliphatic heterocycles. The zero-order valence-corrected chi connectivity index (χ0v) is 13.7. The van der Waals surface area contributed by atoms with Crippen molar-refractivity contribution in [1.82, 2.24) is 4.90 Å². The highest BCUT2D eigenvalue weighted by Gasteiger charge is 2.39. The van der Waals surface area contributed by atoms with Gasteiger partial charge in [0.05, 0.1) is 12.0 Å². The molecule has 4 unspecified atom stereocenters. The van der Waals surface area contributed by atoms with Gasteiger partial charge in [-0.05, 0) is 49.8 Å². The molecule has 2 aliphatic rings. The molecule has 108 valence electrons. The smallest absolute Gasteiger partial charge is 0.0672 e. The molecule has 2 fully saturated rings. The van der Waals surface area contributed by atoms with Gasteiger partial charge in [0.15, 0.2) is 0 Å². The quantitative estimate of drug-likeness (QED) is 0.770. The first-order valence-corrected chi connectivity index (χ1v) is 8.78. The summed E-state index contributed by atoms with van der Waals surface area (Å²) in [5.74, 6) is 3.56. The summed E-state index contributed by atoms with van der Waals surface area (Å²) < 4.78 is 0. The molecule has 1 saturated carbocycles. The summed E-state index contributed by atoms with van der Waals surface area (Å²) in [6.45, 7) is 7.06. The highest BCUT2D eigenvalue weighted by atomic mass is 32.2. The van der Waals surface area contributed by atoms with Gasteiger partial charge in [0, 0.05) is 17.8 Å². The molecule has 0 N–H and O–H groups in total. The van der Waals surface area contributed by atoms with Crippen LogP contribution in [0.1, 0.15) is 46.5 Å². The zero-order valence-electron chi connectivity index (χ0n) is 12.9. The molecule has 1 heterocycles. The van der Waals surface area contributed by atoms with Crippen LogP contribution in [0, 0.1) is 28.6 Å². The Labute approximate surface area is 122 Å². The Kier molecular flexibility index (Phi) is 4.84. The fourth-order valence-electron chi connectivity index (χ4n) is 3.65. The minimum absolute atomic E-state index is 0.245. The van der Waals surface area contributed by atoms with Gasteiger partial charge in [0.25, 0.3) is 0 Å². The van der Waals surface area contributed by atoms with E-state index in [4.69, 9.17) is 0 Å². The fourth-order valence-corrected chi connectivity index (χ4v) is 4.93. The molecule has 2 rings (SSSR count). The van der Waals surface area contributed by atoms with Crippen LogP contribution in [0.25, 0.3) is 0 Å². The second kappa shape index (κ2) is 6.06. The zero-order chi connectivity index (χ0) is 14.0. The summed E-state index contributed by atoms with van der Waals surface area (Å²) in [7, 11) is 2.26. The molecule has 3 heteroatoms. The van der Waals surface area contributed by atoms with Gasteiger partial charge in [-0.3, -0.25) is 4.90 Å². The molecular formula is C16H28N2S. The number of hydrogen-bond acceptors (Lipinski definition) is 3. The first-order chi connectivity index (χ1) is 8.93. The summed E-state index contributed by atoms with van der Waals surface area (Å²) in [5, 5.41) is 9.46. The summed E-state index contributed by atoms with van der Waals surface area (Å²) in [6, 6.07) is 3.76. The van der Waals surface area contributed by atoms with Crippen molar-refractivity contribution < 1.29 is 0 Å². The van der Waals surface area contributed by atoms with Crippen LogP contribution in [0.3, 0.4) is 0 Å². The van der Waals surface area contributed by atoms with Gasteiger partial charge in [-0.1, -0.05) is 20.8 Å².